The number of rotatable bonds is 8. The summed E-state index contributed by atoms with van der Waals surface area (Å²) in [4.78, 5) is 20.5. The lowest BCUT2D eigenvalue weighted by molar-refractivity contribution is -0.133. The number of hydrogen-bond acceptors (Lipinski definition) is 5. The van der Waals surface area contributed by atoms with Crippen LogP contribution in [0.15, 0.2) is 54.7 Å². The number of carbonyl (C=O) groups is 1. The zero-order valence-electron chi connectivity index (χ0n) is 20.6. The number of hydrogen-bond donors (Lipinski definition) is 0. The molecule has 0 unspecified atom stereocenters. The van der Waals surface area contributed by atoms with Gasteiger partial charge in [-0.3, -0.25) is 9.48 Å². The van der Waals surface area contributed by atoms with E-state index in [0.29, 0.717) is 12.3 Å². The second-order valence-corrected chi connectivity index (χ2v) is 9.12. The molecule has 2 aromatic heterocycles. The highest BCUT2D eigenvalue weighted by Gasteiger charge is 2.33. The van der Waals surface area contributed by atoms with Gasteiger partial charge < -0.3 is 14.4 Å². The minimum absolute atomic E-state index is 0.0588. The molecule has 0 aliphatic heterocycles. The molecule has 1 amide bonds. The largest absolute Gasteiger partial charge is 0.497 e. The molecule has 1 aliphatic carbocycles. The van der Waals surface area contributed by atoms with Crippen molar-refractivity contribution >= 4 is 16.8 Å². The fourth-order valence-electron chi connectivity index (χ4n) is 4.51. The molecule has 0 radical (unpaired) electrons. The van der Waals surface area contributed by atoms with Crippen LogP contribution in [-0.4, -0.2) is 45.8 Å². The first kappa shape index (κ1) is 22.9. The third-order valence-corrected chi connectivity index (χ3v) is 6.51. The molecule has 0 spiro atoms. The molecule has 0 bridgehead atoms. The number of nitrogens with zero attached hydrogens (tertiary/aromatic N) is 4. The number of benzene rings is 2. The van der Waals surface area contributed by atoms with E-state index in [-0.39, 0.29) is 18.5 Å². The number of pyridine rings is 1. The molecule has 0 N–H and O–H groups in total. The summed E-state index contributed by atoms with van der Waals surface area (Å²) in [5.74, 6) is 1.50. The van der Waals surface area contributed by atoms with Crippen LogP contribution in [0.5, 0.6) is 11.5 Å². The Morgan fingerprint density at radius 3 is 2.60 bits per heavy atom. The molecule has 0 atom stereocenters. The first-order valence-electron chi connectivity index (χ1n) is 11.9. The van der Waals surface area contributed by atoms with E-state index in [2.05, 4.69) is 30.2 Å². The maximum atomic E-state index is 13.4. The average Bonchev–Trinajstić information content (AvgIpc) is 3.62. The lowest BCUT2D eigenvalue weighted by atomic mass is 10.00. The van der Waals surface area contributed by atoms with Gasteiger partial charge >= 0.3 is 0 Å². The molecule has 2 heterocycles. The van der Waals surface area contributed by atoms with E-state index < -0.39 is 0 Å². The number of fused-ring (bicyclic) bond motifs is 1. The van der Waals surface area contributed by atoms with Crippen LogP contribution in [0.25, 0.3) is 22.2 Å². The molecule has 1 aliphatic rings. The van der Waals surface area contributed by atoms with E-state index in [0.717, 1.165) is 57.6 Å². The Hall–Kier alpha value is -3.87. The molecular weight excluding hydrogens is 440 g/mol. The molecule has 4 aromatic rings. The molecule has 1 fully saturated rings. The van der Waals surface area contributed by atoms with Gasteiger partial charge in [0.1, 0.15) is 18.0 Å². The summed E-state index contributed by atoms with van der Waals surface area (Å²) in [7, 11) is 3.30. The van der Waals surface area contributed by atoms with Gasteiger partial charge in [0.15, 0.2) is 0 Å². The van der Waals surface area contributed by atoms with E-state index in [1.165, 1.54) is 0 Å². The van der Waals surface area contributed by atoms with Crippen LogP contribution in [0.2, 0.25) is 0 Å². The number of methoxy groups -OCH3 is 2. The van der Waals surface area contributed by atoms with E-state index in [9.17, 15) is 4.79 Å². The molecule has 0 saturated heterocycles. The predicted molar refractivity (Wildman–Crippen MR) is 136 cm³/mol. The number of aryl methyl sites for hydroxylation is 2. The second-order valence-electron chi connectivity index (χ2n) is 9.12. The summed E-state index contributed by atoms with van der Waals surface area (Å²) in [6.45, 7) is 4.68. The van der Waals surface area contributed by atoms with E-state index in [4.69, 9.17) is 14.5 Å². The summed E-state index contributed by atoms with van der Waals surface area (Å²) in [6, 6.07) is 16.2. The normalized spacial score (nSPS) is 13.1. The predicted octanol–water partition coefficient (Wildman–Crippen LogP) is 4.92. The van der Waals surface area contributed by atoms with Crippen molar-refractivity contribution in [1.29, 1.82) is 0 Å². The third-order valence-electron chi connectivity index (χ3n) is 6.51. The van der Waals surface area contributed by atoms with Crippen LogP contribution in [0.4, 0.5) is 0 Å². The van der Waals surface area contributed by atoms with Gasteiger partial charge in [-0.1, -0.05) is 18.2 Å². The lowest BCUT2D eigenvalue weighted by Crippen LogP contribution is -2.35. The SMILES string of the molecule is COc1ccc(OC)c(-c2nc3c(C)cccc3cc2CN(C(=O)Cn2ccc(C)n2)C2CC2)c1. The topological polar surface area (TPSA) is 69.5 Å². The molecule has 7 heteroatoms. The van der Waals surface area contributed by atoms with Crippen molar-refractivity contribution in [1.82, 2.24) is 19.7 Å². The highest BCUT2D eigenvalue weighted by molar-refractivity contribution is 5.87. The summed E-state index contributed by atoms with van der Waals surface area (Å²) in [5.41, 5.74) is 5.56. The fourth-order valence-corrected chi connectivity index (χ4v) is 4.51. The number of carbonyl (C=O) groups excluding carboxylic acids is 1. The molecule has 5 rings (SSSR count). The van der Waals surface area contributed by atoms with Gasteiger partial charge in [0, 0.05) is 29.7 Å². The minimum atomic E-state index is 0.0588. The van der Waals surface area contributed by atoms with Gasteiger partial charge in [-0.15, -0.1) is 0 Å². The van der Waals surface area contributed by atoms with E-state index in [1.807, 2.05) is 48.4 Å². The quantitative estimate of drug-likeness (QED) is 0.365. The summed E-state index contributed by atoms with van der Waals surface area (Å²) in [5, 5.41) is 5.46. The average molecular weight is 471 g/mol. The number of ether oxygens (including phenoxy) is 2. The zero-order valence-corrected chi connectivity index (χ0v) is 20.6. The third kappa shape index (κ3) is 4.71. The van der Waals surface area contributed by atoms with Crippen LogP contribution in [-0.2, 0) is 17.9 Å². The molecule has 2 aromatic carbocycles. The van der Waals surface area contributed by atoms with E-state index >= 15 is 0 Å². The Bertz CT molecular complexity index is 1390. The second kappa shape index (κ2) is 9.41. The molecular formula is C28H30N4O3. The Balaban J connectivity index is 1.60. The van der Waals surface area contributed by atoms with Crippen LogP contribution in [0, 0.1) is 13.8 Å². The summed E-state index contributed by atoms with van der Waals surface area (Å²) in [6.07, 6.45) is 3.88. The Kier molecular flexibility index (Phi) is 6.16. The van der Waals surface area contributed by atoms with Gasteiger partial charge in [-0.2, -0.15) is 5.10 Å². The number of aromatic nitrogens is 3. The van der Waals surface area contributed by atoms with Crippen molar-refractivity contribution < 1.29 is 14.3 Å². The highest BCUT2D eigenvalue weighted by atomic mass is 16.5. The molecule has 35 heavy (non-hydrogen) atoms. The van der Waals surface area contributed by atoms with Crippen molar-refractivity contribution in [2.75, 3.05) is 14.2 Å². The monoisotopic (exact) mass is 470 g/mol. The smallest absolute Gasteiger partial charge is 0.244 e. The van der Waals surface area contributed by atoms with Crippen molar-refractivity contribution in [3.63, 3.8) is 0 Å². The van der Waals surface area contributed by atoms with Crippen molar-refractivity contribution in [3.8, 4) is 22.8 Å². The number of amides is 1. The van der Waals surface area contributed by atoms with Gasteiger partial charge in [-0.25, -0.2) is 4.98 Å². The Labute approximate surface area is 205 Å². The highest BCUT2D eigenvalue weighted by Crippen LogP contribution is 2.38. The van der Waals surface area contributed by atoms with Crippen LogP contribution in [0.1, 0.15) is 29.7 Å². The number of para-hydroxylation sites is 1. The molecule has 7 nitrogen and oxygen atoms in total. The van der Waals surface area contributed by atoms with Gasteiger partial charge in [-0.05, 0) is 68.1 Å². The lowest BCUT2D eigenvalue weighted by Gasteiger charge is -2.24. The molecule has 1 saturated carbocycles. The Morgan fingerprint density at radius 1 is 1.09 bits per heavy atom. The summed E-state index contributed by atoms with van der Waals surface area (Å²) < 4.78 is 12.9. The maximum absolute atomic E-state index is 13.4. The van der Waals surface area contributed by atoms with Gasteiger partial charge in [0.25, 0.3) is 0 Å². The minimum Gasteiger partial charge on any atom is -0.497 e. The first-order valence-corrected chi connectivity index (χ1v) is 11.9. The standard InChI is InChI=1S/C28H30N4O3/c1-18-6-5-7-20-14-21(16-32(22-8-9-22)26(33)17-31-13-12-19(2)30-31)28(29-27(18)20)24-15-23(34-3)10-11-25(24)35-4/h5-7,10-15,22H,8-9,16-17H2,1-4H3. The van der Waals surface area contributed by atoms with Crippen molar-refractivity contribution in [2.45, 2.75) is 45.8 Å². The Morgan fingerprint density at radius 2 is 1.91 bits per heavy atom. The summed E-state index contributed by atoms with van der Waals surface area (Å²) >= 11 is 0. The first-order chi connectivity index (χ1) is 17.0. The van der Waals surface area contributed by atoms with Crippen LogP contribution >= 0.6 is 0 Å². The van der Waals surface area contributed by atoms with Crippen LogP contribution < -0.4 is 9.47 Å². The molecule has 180 valence electrons. The van der Waals surface area contributed by atoms with Gasteiger partial charge in [0.05, 0.1) is 31.1 Å². The van der Waals surface area contributed by atoms with E-state index in [1.54, 1.807) is 18.9 Å². The van der Waals surface area contributed by atoms with Crippen molar-refractivity contribution in [2.24, 2.45) is 0 Å². The van der Waals surface area contributed by atoms with Gasteiger partial charge in [0.2, 0.25) is 5.91 Å². The fraction of sp³-hybridized carbons (Fsp3) is 0.321. The zero-order chi connectivity index (χ0) is 24.5. The van der Waals surface area contributed by atoms with Crippen LogP contribution in [0.3, 0.4) is 0 Å². The maximum Gasteiger partial charge on any atom is 0.244 e. The van der Waals surface area contributed by atoms with Crippen molar-refractivity contribution in [3.05, 3.63) is 71.5 Å².